The highest BCUT2D eigenvalue weighted by Crippen LogP contribution is 2.11. The van der Waals surface area contributed by atoms with E-state index in [4.69, 9.17) is 0 Å². The molecule has 1 saturated heterocycles. The lowest BCUT2D eigenvalue weighted by molar-refractivity contribution is 0.0760. The van der Waals surface area contributed by atoms with Crippen molar-refractivity contribution in [3.63, 3.8) is 0 Å². The Hall–Kier alpha value is -2.57. The highest BCUT2D eigenvalue weighted by molar-refractivity contribution is 5.92. The Balaban J connectivity index is 1.67. The van der Waals surface area contributed by atoms with Gasteiger partial charge in [-0.15, -0.1) is 0 Å². The fraction of sp³-hybridized carbons (Fsp3) is 0.357. The molecular formula is C14H16N6O. The summed E-state index contributed by atoms with van der Waals surface area (Å²) < 4.78 is 0. The lowest BCUT2D eigenvalue weighted by Crippen LogP contribution is -2.36. The summed E-state index contributed by atoms with van der Waals surface area (Å²) in [6, 6.07) is 1.80. The monoisotopic (exact) mass is 284 g/mol. The third-order valence-corrected chi connectivity index (χ3v) is 3.40. The van der Waals surface area contributed by atoms with E-state index in [-0.39, 0.29) is 5.91 Å². The summed E-state index contributed by atoms with van der Waals surface area (Å²) >= 11 is 0. The highest BCUT2D eigenvalue weighted by atomic mass is 16.2. The van der Waals surface area contributed by atoms with Crippen LogP contribution in [-0.2, 0) is 0 Å². The lowest BCUT2D eigenvalue weighted by Gasteiger charge is -2.21. The predicted octanol–water partition coefficient (Wildman–Crippen LogP) is 0.619. The van der Waals surface area contributed by atoms with E-state index in [0.717, 1.165) is 19.5 Å². The van der Waals surface area contributed by atoms with E-state index in [0.29, 0.717) is 24.7 Å². The van der Waals surface area contributed by atoms with E-state index >= 15 is 0 Å². The minimum atomic E-state index is -0.0704. The van der Waals surface area contributed by atoms with Crippen molar-refractivity contribution in [2.24, 2.45) is 0 Å². The zero-order valence-electron chi connectivity index (χ0n) is 11.6. The zero-order valence-corrected chi connectivity index (χ0v) is 11.6. The number of hydrogen-bond acceptors (Lipinski definition) is 6. The summed E-state index contributed by atoms with van der Waals surface area (Å²) in [7, 11) is 0. The summed E-state index contributed by atoms with van der Waals surface area (Å²) in [4.78, 5) is 32.8. The molecule has 1 aliphatic heterocycles. The Bertz CT molecular complexity index is 591. The zero-order chi connectivity index (χ0) is 14.5. The van der Waals surface area contributed by atoms with Crippen LogP contribution in [0.1, 0.15) is 16.9 Å². The molecule has 108 valence electrons. The normalized spacial score (nSPS) is 15.6. The molecule has 3 rings (SSSR count). The number of carbonyl (C=O) groups excluding carboxylic acids is 1. The molecule has 0 spiro atoms. The Morgan fingerprint density at radius 2 is 1.81 bits per heavy atom. The number of nitrogens with zero attached hydrogens (tertiary/aromatic N) is 6. The second-order valence-electron chi connectivity index (χ2n) is 4.77. The summed E-state index contributed by atoms with van der Waals surface area (Å²) in [5.41, 5.74) is 0.391. The molecule has 0 bridgehead atoms. The molecule has 3 heterocycles. The maximum atomic E-state index is 12.4. The van der Waals surface area contributed by atoms with Crippen LogP contribution in [0.15, 0.2) is 37.1 Å². The van der Waals surface area contributed by atoms with Gasteiger partial charge in [0.1, 0.15) is 5.69 Å². The Labute approximate surface area is 122 Å². The van der Waals surface area contributed by atoms with Crippen molar-refractivity contribution in [1.29, 1.82) is 0 Å². The van der Waals surface area contributed by atoms with E-state index in [1.807, 2.05) is 4.90 Å². The molecular weight excluding hydrogens is 268 g/mol. The maximum Gasteiger partial charge on any atom is 0.274 e. The van der Waals surface area contributed by atoms with Gasteiger partial charge in [-0.05, 0) is 12.5 Å². The fourth-order valence-electron chi connectivity index (χ4n) is 2.35. The smallest absolute Gasteiger partial charge is 0.274 e. The van der Waals surface area contributed by atoms with Crippen LogP contribution in [0.25, 0.3) is 0 Å². The van der Waals surface area contributed by atoms with Gasteiger partial charge in [-0.1, -0.05) is 0 Å². The molecule has 1 aliphatic rings. The number of rotatable bonds is 2. The average molecular weight is 284 g/mol. The molecule has 1 amide bonds. The summed E-state index contributed by atoms with van der Waals surface area (Å²) in [6.07, 6.45) is 8.95. The van der Waals surface area contributed by atoms with Crippen LogP contribution in [0.2, 0.25) is 0 Å². The average Bonchev–Trinajstić information content (AvgIpc) is 2.82. The molecule has 2 aromatic rings. The summed E-state index contributed by atoms with van der Waals surface area (Å²) in [5.74, 6) is 0.644. The SMILES string of the molecule is O=C(c1cnccn1)N1CCCN(c2ncccn2)CC1. The van der Waals surface area contributed by atoms with Gasteiger partial charge in [-0.3, -0.25) is 9.78 Å². The summed E-state index contributed by atoms with van der Waals surface area (Å²) in [6.45, 7) is 2.90. The first kappa shape index (κ1) is 13.4. The van der Waals surface area contributed by atoms with E-state index in [1.165, 1.54) is 12.4 Å². The number of amides is 1. The first-order valence-electron chi connectivity index (χ1n) is 6.92. The van der Waals surface area contributed by atoms with Gasteiger partial charge in [0.2, 0.25) is 5.95 Å². The van der Waals surface area contributed by atoms with Crippen LogP contribution in [0.4, 0.5) is 5.95 Å². The molecule has 0 aliphatic carbocycles. The molecule has 0 radical (unpaired) electrons. The van der Waals surface area contributed by atoms with Gasteiger partial charge in [0.05, 0.1) is 6.20 Å². The van der Waals surface area contributed by atoms with E-state index in [2.05, 4.69) is 24.8 Å². The van der Waals surface area contributed by atoms with Gasteiger partial charge in [0, 0.05) is 51.0 Å². The van der Waals surface area contributed by atoms with Crippen molar-refractivity contribution in [2.45, 2.75) is 6.42 Å². The summed E-state index contributed by atoms with van der Waals surface area (Å²) in [5, 5.41) is 0. The number of hydrogen-bond donors (Lipinski definition) is 0. The molecule has 21 heavy (non-hydrogen) atoms. The molecule has 0 unspecified atom stereocenters. The highest BCUT2D eigenvalue weighted by Gasteiger charge is 2.22. The number of carbonyl (C=O) groups is 1. The van der Waals surface area contributed by atoms with Gasteiger partial charge in [-0.25, -0.2) is 15.0 Å². The minimum Gasteiger partial charge on any atom is -0.339 e. The van der Waals surface area contributed by atoms with E-state index in [1.54, 1.807) is 24.7 Å². The van der Waals surface area contributed by atoms with E-state index in [9.17, 15) is 4.79 Å². The second kappa shape index (κ2) is 6.25. The third-order valence-electron chi connectivity index (χ3n) is 3.40. The molecule has 0 atom stereocenters. The second-order valence-corrected chi connectivity index (χ2v) is 4.77. The van der Waals surface area contributed by atoms with Crippen molar-refractivity contribution < 1.29 is 4.79 Å². The molecule has 7 nitrogen and oxygen atoms in total. The third kappa shape index (κ3) is 3.13. The minimum absolute atomic E-state index is 0.0704. The predicted molar refractivity (Wildman–Crippen MR) is 76.8 cm³/mol. The first-order valence-corrected chi connectivity index (χ1v) is 6.92. The van der Waals surface area contributed by atoms with Crippen LogP contribution in [0.3, 0.4) is 0 Å². The van der Waals surface area contributed by atoms with Crippen LogP contribution in [0, 0.1) is 0 Å². The van der Waals surface area contributed by atoms with Crippen molar-refractivity contribution in [1.82, 2.24) is 24.8 Å². The molecule has 7 heteroatoms. The van der Waals surface area contributed by atoms with Crippen molar-refractivity contribution in [2.75, 3.05) is 31.1 Å². The molecule has 0 saturated carbocycles. The van der Waals surface area contributed by atoms with Crippen molar-refractivity contribution >= 4 is 11.9 Å². The van der Waals surface area contributed by atoms with Crippen molar-refractivity contribution in [3.05, 3.63) is 42.7 Å². The van der Waals surface area contributed by atoms with E-state index < -0.39 is 0 Å². The lowest BCUT2D eigenvalue weighted by atomic mass is 10.3. The van der Waals surface area contributed by atoms with Crippen molar-refractivity contribution in [3.8, 4) is 0 Å². The standard InChI is InChI=1S/C14H16N6O/c21-13(12-11-15-5-6-16-12)19-7-2-8-20(10-9-19)14-17-3-1-4-18-14/h1,3-6,11H,2,7-10H2. The fourth-order valence-corrected chi connectivity index (χ4v) is 2.35. The number of anilines is 1. The van der Waals surface area contributed by atoms with Gasteiger partial charge in [0.15, 0.2) is 0 Å². The quantitative estimate of drug-likeness (QED) is 0.804. The molecule has 1 fully saturated rings. The van der Waals surface area contributed by atoms with Crippen LogP contribution in [-0.4, -0.2) is 56.9 Å². The van der Waals surface area contributed by atoms with Gasteiger partial charge in [0.25, 0.3) is 5.91 Å². The van der Waals surface area contributed by atoms with Crippen LogP contribution in [0.5, 0.6) is 0 Å². The topological polar surface area (TPSA) is 75.1 Å². The molecule has 0 aromatic carbocycles. The maximum absolute atomic E-state index is 12.4. The van der Waals surface area contributed by atoms with Crippen LogP contribution < -0.4 is 4.90 Å². The Morgan fingerprint density at radius 3 is 2.57 bits per heavy atom. The first-order chi connectivity index (χ1) is 10.3. The molecule has 0 N–H and O–H groups in total. The van der Waals surface area contributed by atoms with Gasteiger partial charge < -0.3 is 9.80 Å². The van der Waals surface area contributed by atoms with Crippen LogP contribution >= 0.6 is 0 Å². The van der Waals surface area contributed by atoms with Gasteiger partial charge in [-0.2, -0.15) is 0 Å². The van der Waals surface area contributed by atoms with Gasteiger partial charge >= 0.3 is 0 Å². The molecule has 2 aromatic heterocycles. The Morgan fingerprint density at radius 1 is 0.952 bits per heavy atom. The largest absolute Gasteiger partial charge is 0.339 e. The Kier molecular flexibility index (Phi) is 3.99. The number of aromatic nitrogens is 4.